The second-order valence-electron chi connectivity index (χ2n) is 5.37. The molecule has 26 heavy (non-hydrogen) atoms. The number of hydrogen-bond acceptors (Lipinski definition) is 6. The van der Waals surface area contributed by atoms with Crippen LogP contribution in [0.25, 0.3) is 11.5 Å². The molecule has 0 aliphatic rings. The van der Waals surface area contributed by atoms with E-state index >= 15 is 0 Å². The van der Waals surface area contributed by atoms with Crippen LogP contribution < -0.4 is 14.8 Å². The van der Waals surface area contributed by atoms with Gasteiger partial charge in [-0.25, -0.2) is 0 Å². The Hall–Kier alpha value is -3.06. The number of methoxy groups -OCH3 is 2. The third kappa shape index (κ3) is 3.62. The molecule has 8 heteroatoms. The first-order valence-corrected chi connectivity index (χ1v) is 8.03. The highest BCUT2D eigenvalue weighted by Gasteiger charge is 2.14. The zero-order valence-electron chi connectivity index (χ0n) is 14.4. The predicted molar refractivity (Wildman–Crippen MR) is 97.0 cm³/mol. The van der Waals surface area contributed by atoms with Crippen molar-refractivity contribution in [1.82, 2.24) is 10.1 Å². The fourth-order valence-electron chi connectivity index (χ4n) is 2.33. The molecule has 0 unspecified atom stereocenters. The van der Waals surface area contributed by atoms with Crippen molar-refractivity contribution in [3.8, 4) is 23.0 Å². The van der Waals surface area contributed by atoms with Gasteiger partial charge in [0.2, 0.25) is 0 Å². The maximum Gasteiger partial charge on any atom is 0.257 e. The lowest BCUT2D eigenvalue weighted by Crippen LogP contribution is -2.12. The van der Waals surface area contributed by atoms with Crippen LogP contribution in [-0.2, 0) is 0 Å². The molecule has 3 aromatic rings. The monoisotopic (exact) mass is 373 g/mol. The molecule has 0 aliphatic carbocycles. The molecule has 1 aromatic heterocycles. The van der Waals surface area contributed by atoms with Crippen LogP contribution in [0, 0.1) is 6.92 Å². The van der Waals surface area contributed by atoms with Gasteiger partial charge in [-0.2, -0.15) is 4.98 Å². The lowest BCUT2D eigenvalue weighted by Gasteiger charge is -2.13. The molecule has 0 aliphatic heterocycles. The van der Waals surface area contributed by atoms with Crippen LogP contribution in [0.2, 0.25) is 5.02 Å². The molecule has 0 bridgehead atoms. The van der Waals surface area contributed by atoms with Crippen molar-refractivity contribution in [2.24, 2.45) is 0 Å². The van der Waals surface area contributed by atoms with E-state index in [0.29, 0.717) is 39.5 Å². The molecule has 2 aromatic carbocycles. The molecule has 7 nitrogen and oxygen atoms in total. The lowest BCUT2D eigenvalue weighted by atomic mass is 10.1. The Morgan fingerprint density at radius 3 is 2.38 bits per heavy atom. The van der Waals surface area contributed by atoms with Gasteiger partial charge in [-0.05, 0) is 31.2 Å². The number of benzene rings is 2. The van der Waals surface area contributed by atoms with E-state index < -0.39 is 0 Å². The summed E-state index contributed by atoms with van der Waals surface area (Å²) in [4.78, 5) is 16.7. The van der Waals surface area contributed by atoms with Crippen molar-refractivity contribution in [3.63, 3.8) is 0 Å². The number of carbonyl (C=O) groups is 1. The first kappa shape index (κ1) is 17.8. The van der Waals surface area contributed by atoms with Gasteiger partial charge in [0, 0.05) is 23.3 Å². The van der Waals surface area contributed by atoms with Gasteiger partial charge < -0.3 is 19.3 Å². The number of ether oxygens (including phenoxy) is 2. The molecule has 0 atom stereocenters. The summed E-state index contributed by atoms with van der Waals surface area (Å²) in [7, 11) is 2.99. The SMILES string of the molecule is COc1cc(NC(=O)c2ccc(-c3nc(C)no3)cc2)c(OC)cc1Cl. The summed E-state index contributed by atoms with van der Waals surface area (Å²) in [5.41, 5.74) is 1.64. The molecular weight excluding hydrogens is 358 g/mol. The molecule has 0 radical (unpaired) electrons. The summed E-state index contributed by atoms with van der Waals surface area (Å²) in [5.74, 6) is 1.51. The van der Waals surface area contributed by atoms with Crippen LogP contribution in [0.3, 0.4) is 0 Å². The van der Waals surface area contributed by atoms with E-state index in [1.807, 2.05) is 0 Å². The summed E-state index contributed by atoms with van der Waals surface area (Å²) >= 11 is 6.07. The van der Waals surface area contributed by atoms with E-state index in [2.05, 4.69) is 15.5 Å². The quantitative estimate of drug-likeness (QED) is 0.728. The van der Waals surface area contributed by atoms with Gasteiger partial charge in [-0.15, -0.1) is 0 Å². The number of aromatic nitrogens is 2. The minimum absolute atomic E-state index is 0.305. The van der Waals surface area contributed by atoms with E-state index in [-0.39, 0.29) is 5.91 Å². The third-order valence-electron chi connectivity index (χ3n) is 3.64. The van der Waals surface area contributed by atoms with Gasteiger partial charge >= 0.3 is 0 Å². The molecule has 3 rings (SSSR count). The summed E-state index contributed by atoms with van der Waals surface area (Å²) in [6.45, 7) is 1.74. The summed E-state index contributed by atoms with van der Waals surface area (Å²) in [6.07, 6.45) is 0. The Labute approximate surface area is 154 Å². The van der Waals surface area contributed by atoms with Crippen LogP contribution in [0.15, 0.2) is 40.9 Å². The van der Waals surface area contributed by atoms with Crippen molar-refractivity contribution < 1.29 is 18.8 Å². The fourth-order valence-corrected chi connectivity index (χ4v) is 2.56. The first-order chi connectivity index (χ1) is 12.5. The first-order valence-electron chi connectivity index (χ1n) is 7.65. The Kier molecular flexibility index (Phi) is 5.09. The Morgan fingerprint density at radius 1 is 1.12 bits per heavy atom. The van der Waals surface area contributed by atoms with Crippen molar-refractivity contribution >= 4 is 23.2 Å². The van der Waals surface area contributed by atoms with Gasteiger partial charge in [-0.3, -0.25) is 4.79 Å². The van der Waals surface area contributed by atoms with Crippen molar-refractivity contribution in [3.05, 3.63) is 52.8 Å². The molecule has 0 saturated heterocycles. The maximum absolute atomic E-state index is 12.5. The number of nitrogens with one attached hydrogen (secondary N) is 1. The van der Waals surface area contributed by atoms with E-state index in [9.17, 15) is 4.79 Å². The second-order valence-corrected chi connectivity index (χ2v) is 5.77. The number of carbonyl (C=O) groups excluding carboxylic acids is 1. The zero-order valence-corrected chi connectivity index (χ0v) is 15.1. The topological polar surface area (TPSA) is 86.5 Å². The molecule has 1 heterocycles. The largest absolute Gasteiger partial charge is 0.495 e. The molecule has 1 N–H and O–H groups in total. The molecular formula is C18H16ClN3O4. The third-order valence-corrected chi connectivity index (χ3v) is 3.94. The highest BCUT2D eigenvalue weighted by molar-refractivity contribution is 6.32. The maximum atomic E-state index is 12.5. The van der Waals surface area contributed by atoms with Gasteiger partial charge in [0.15, 0.2) is 5.82 Å². The zero-order chi connectivity index (χ0) is 18.7. The minimum atomic E-state index is -0.305. The number of halogens is 1. The van der Waals surface area contributed by atoms with Gasteiger partial charge in [0.25, 0.3) is 11.8 Å². The van der Waals surface area contributed by atoms with Crippen LogP contribution in [0.5, 0.6) is 11.5 Å². The molecule has 0 spiro atoms. The van der Waals surface area contributed by atoms with E-state index in [1.165, 1.54) is 14.2 Å². The number of nitrogens with zero attached hydrogens (tertiary/aromatic N) is 2. The number of aryl methyl sites for hydroxylation is 1. The molecule has 134 valence electrons. The average Bonchev–Trinajstić information content (AvgIpc) is 3.09. The summed E-state index contributed by atoms with van der Waals surface area (Å²) in [6, 6.07) is 10.0. The number of anilines is 1. The Morgan fingerprint density at radius 2 is 1.81 bits per heavy atom. The highest BCUT2D eigenvalue weighted by atomic mass is 35.5. The summed E-state index contributed by atoms with van der Waals surface area (Å²) in [5, 5.41) is 6.93. The second kappa shape index (κ2) is 7.45. The highest BCUT2D eigenvalue weighted by Crippen LogP contribution is 2.36. The van der Waals surface area contributed by atoms with Crippen LogP contribution in [-0.4, -0.2) is 30.3 Å². The van der Waals surface area contributed by atoms with Crippen LogP contribution in [0.1, 0.15) is 16.2 Å². The Bertz CT molecular complexity index is 938. The van der Waals surface area contributed by atoms with Gasteiger partial charge in [-0.1, -0.05) is 16.8 Å². The smallest absolute Gasteiger partial charge is 0.257 e. The Balaban J connectivity index is 1.82. The van der Waals surface area contributed by atoms with E-state index in [0.717, 1.165) is 5.56 Å². The normalized spacial score (nSPS) is 10.5. The van der Waals surface area contributed by atoms with Gasteiger partial charge in [0.05, 0.1) is 24.9 Å². The van der Waals surface area contributed by atoms with Crippen molar-refractivity contribution in [1.29, 1.82) is 0 Å². The van der Waals surface area contributed by atoms with Gasteiger partial charge in [0.1, 0.15) is 11.5 Å². The summed E-state index contributed by atoms with van der Waals surface area (Å²) < 4.78 is 15.5. The molecule has 0 fully saturated rings. The minimum Gasteiger partial charge on any atom is -0.495 e. The van der Waals surface area contributed by atoms with Crippen molar-refractivity contribution in [2.45, 2.75) is 6.92 Å². The van der Waals surface area contributed by atoms with E-state index in [4.69, 9.17) is 25.6 Å². The van der Waals surface area contributed by atoms with Crippen molar-refractivity contribution in [2.75, 3.05) is 19.5 Å². The predicted octanol–water partition coefficient (Wildman–Crippen LogP) is 3.97. The number of amides is 1. The number of rotatable bonds is 5. The standard InChI is InChI=1S/C18H16ClN3O4/c1-10-20-18(26-22-10)12-6-4-11(5-7-12)17(23)21-14-9-15(24-2)13(19)8-16(14)25-3/h4-9H,1-3H3,(H,21,23). The fraction of sp³-hybridized carbons (Fsp3) is 0.167. The number of hydrogen-bond donors (Lipinski definition) is 1. The van der Waals surface area contributed by atoms with E-state index in [1.54, 1.807) is 43.3 Å². The molecule has 1 amide bonds. The lowest BCUT2D eigenvalue weighted by molar-refractivity contribution is 0.102. The van der Waals surface area contributed by atoms with Crippen LogP contribution in [0.4, 0.5) is 5.69 Å². The van der Waals surface area contributed by atoms with Crippen LogP contribution >= 0.6 is 11.6 Å². The average molecular weight is 374 g/mol. The molecule has 0 saturated carbocycles.